The lowest BCUT2D eigenvalue weighted by molar-refractivity contribution is 0.0503. The number of carbonyl (C=O) groups is 1. The Balaban J connectivity index is 2.09. The van der Waals surface area contributed by atoms with Crippen LogP contribution in [0.25, 0.3) is 0 Å². The third-order valence-corrected chi connectivity index (χ3v) is 25.3. The monoisotopic (exact) mass is 546 g/mol. The Morgan fingerprint density at radius 1 is 1.50 bits per heavy atom. The highest BCUT2D eigenvalue weighted by Gasteiger charge is 2.37. The molecule has 0 bridgehead atoms. The second-order valence-electron chi connectivity index (χ2n) is 9.20. The summed E-state index contributed by atoms with van der Waals surface area (Å²) in [7, 11) is 1.08. The van der Waals surface area contributed by atoms with Gasteiger partial charge in [0.2, 0.25) is 0 Å². The first-order valence-electron chi connectivity index (χ1n) is 11.6. The molecule has 1 aliphatic rings. The van der Waals surface area contributed by atoms with Gasteiger partial charge in [-0.2, -0.15) is 0 Å². The van der Waals surface area contributed by atoms with Gasteiger partial charge in [0.1, 0.15) is 11.6 Å². The zero-order valence-corrected chi connectivity index (χ0v) is 24.4. The van der Waals surface area contributed by atoms with E-state index in [4.69, 9.17) is 27.0 Å². The molecule has 1 aromatic rings. The summed E-state index contributed by atoms with van der Waals surface area (Å²) in [6.45, 7) is 8.89. The Kier molecular flexibility index (Phi) is 11.9. The molecule has 0 saturated heterocycles. The number of nitrogens with two attached hydrogens (primary N) is 1. The summed E-state index contributed by atoms with van der Waals surface area (Å²) < 4.78 is 11.1. The molecule has 5 unspecified atom stereocenters. The molecule has 0 heterocycles. The third-order valence-electron chi connectivity index (χ3n) is 6.49. The van der Waals surface area contributed by atoms with Crippen LogP contribution in [0, 0.1) is 6.92 Å². The van der Waals surface area contributed by atoms with Gasteiger partial charge in [0.15, 0.2) is 20.0 Å². The smallest absolute Gasteiger partial charge is 0.176 e. The largest absolute Gasteiger partial charge is 0.507 e. The number of nitrogens with one attached hydrogen (secondary N) is 1. The molecule has 1 aromatic carbocycles. The quantitative estimate of drug-likeness (QED) is 0.164. The SMILES string of the molecule is C=[P+](/C=C1\CCC(N)C(NCl)C1)P(CCC(C)OCc1cc(C)cc(C=O)c1O)(=NC)P(C)C. The lowest BCUT2D eigenvalue weighted by Gasteiger charge is -2.29. The van der Waals surface area contributed by atoms with Crippen LogP contribution >= 0.6 is 33.1 Å². The number of nitrogens with zero attached hydrogens (tertiary/aromatic N) is 1. The molecule has 0 aliphatic heterocycles. The Bertz CT molecular complexity index is 968. The summed E-state index contributed by atoms with van der Waals surface area (Å²) >= 11 is 5.92. The predicted molar refractivity (Wildman–Crippen MR) is 153 cm³/mol. The maximum Gasteiger partial charge on any atom is 0.176 e. The van der Waals surface area contributed by atoms with E-state index in [-0.39, 0.29) is 38.2 Å². The zero-order valence-electron chi connectivity index (χ0n) is 21.0. The van der Waals surface area contributed by atoms with Crippen LogP contribution in [0.15, 0.2) is 28.3 Å². The van der Waals surface area contributed by atoms with E-state index in [0.717, 1.165) is 37.4 Å². The van der Waals surface area contributed by atoms with Crippen molar-refractivity contribution in [3.05, 3.63) is 40.2 Å². The van der Waals surface area contributed by atoms with Crippen molar-refractivity contribution in [2.75, 3.05) is 26.5 Å². The number of benzene rings is 1. The lowest BCUT2D eigenvalue weighted by atomic mass is 9.88. The van der Waals surface area contributed by atoms with Crippen LogP contribution in [-0.4, -0.2) is 62.4 Å². The molecule has 10 heteroatoms. The second kappa shape index (κ2) is 13.7. The van der Waals surface area contributed by atoms with Crippen LogP contribution in [0.1, 0.15) is 54.1 Å². The number of aromatic hydroxyl groups is 1. The van der Waals surface area contributed by atoms with Gasteiger partial charge in [-0.15, -0.1) is 0 Å². The van der Waals surface area contributed by atoms with Crippen LogP contribution < -0.4 is 10.6 Å². The normalized spacial score (nSPS) is 22.9. The molecule has 190 valence electrons. The maximum atomic E-state index is 11.2. The number of ether oxygens (including phenoxy) is 1. The molecule has 2 rings (SSSR count). The minimum atomic E-state index is -1.62. The Hall–Kier alpha value is -0.570. The minimum absolute atomic E-state index is 0.00392. The van der Waals surface area contributed by atoms with Gasteiger partial charge >= 0.3 is 0 Å². The maximum absolute atomic E-state index is 11.2. The number of phenols is 1. The molecule has 0 spiro atoms. The lowest BCUT2D eigenvalue weighted by Crippen LogP contribution is -2.44. The van der Waals surface area contributed by atoms with Gasteiger partial charge in [-0.25, -0.2) is 4.84 Å². The highest BCUT2D eigenvalue weighted by Crippen LogP contribution is 2.88. The summed E-state index contributed by atoms with van der Waals surface area (Å²) in [5.74, 6) is 2.41. The second-order valence-corrected chi connectivity index (χ2v) is 23.3. The first-order chi connectivity index (χ1) is 16.1. The molecular formula is C24H40ClN3O3P3+. The van der Waals surface area contributed by atoms with Gasteiger partial charge in [-0.3, -0.25) is 9.54 Å². The van der Waals surface area contributed by atoms with Crippen LogP contribution in [0.4, 0.5) is 0 Å². The van der Waals surface area contributed by atoms with Gasteiger partial charge in [-0.05, 0) is 89.5 Å². The van der Waals surface area contributed by atoms with Crippen molar-refractivity contribution >= 4 is 45.6 Å². The topological polar surface area (TPSA) is 96.9 Å². The van der Waals surface area contributed by atoms with Crippen LogP contribution in [0.2, 0.25) is 0 Å². The molecule has 34 heavy (non-hydrogen) atoms. The number of hydrogen-bond acceptors (Lipinski definition) is 6. The number of phenolic OH excluding ortho intramolecular Hbond substituents is 1. The summed E-state index contributed by atoms with van der Waals surface area (Å²) in [5.41, 5.74) is 9.46. The van der Waals surface area contributed by atoms with E-state index in [2.05, 4.69) is 37.2 Å². The minimum Gasteiger partial charge on any atom is -0.507 e. The molecule has 0 amide bonds. The molecule has 0 aromatic heterocycles. The third kappa shape index (κ3) is 7.47. The van der Waals surface area contributed by atoms with Crippen LogP contribution in [0.5, 0.6) is 5.75 Å². The van der Waals surface area contributed by atoms with Crippen LogP contribution in [0.3, 0.4) is 0 Å². The Labute approximate surface area is 212 Å². The van der Waals surface area contributed by atoms with Gasteiger partial charge < -0.3 is 15.6 Å². The number of rotatable bonds is 11. The molecular weight excluding hydrogens is 507 g/mol. The highest BCUT2D eigenvalue weighted by atomic mass is 35.5. The molecule has 4 N–H and O–H groups in total. The summed E-state index contributed by atoms with van der Waals surface area (Å²) in [4.78, 5) is 14.1. The van der Waals surface area contributed by atoms with E-state index < -0.39 is 13.7 Å². The van der Waals surface area contributed by atoms with Crippen LogP contribution in [-0.2, 0) is 11.3 Å². The average Bonchev–Trinajstić information content (AvgIpc) is 2.80. The molecule has 0 radical (unpaired) electrons. The van der Waals surface area contributed by atoms with Gasteiger partial charge in [0.05, 0.1) is 24.6 Å². The number of aryl methyl sites for hydroxylation is 1. The van der Waals surface area contributed by atoms with Crippen molar-refractivity contribution in [2.45, 2.75) is 64.3 Å². The highest BCUT2D eigenvalue weighted by molar-refractivity contribution is 8.64. The summed E-state index contributed by atoms with van der Waals surface area (Å²) in [5, 5.41) is 10.3. The fourth-order valence-corrected chi connectivity index (χ4v) is 19.5. The summed E-state index contributed by atoms with van der Waals surface area (Å²) in [6.07, 6.45) is 8.39. The van der Waals surface area contributed by atoms with Crippen molar-refractivity contribution in [1.29, 1.82) is 0 Å². The van der Waals surface area contributed by atoms with E-state index in [1.54, 1.807) is 6.07 Å². The first kappa shape index (κ1) is 29.7. The fourth-order valence-electron chi connectivity index (χ4n) is 4.34. The zero-order chi connectivity index (χ0) is 25.5. The fraction of sp³-hybridized carbons (Fsp3) is 0.583. The van der Waals surface area contributed by atoms with E-state index in [9.17, 15) is 9.90 Å². The average molecular weight is 547 g/mol. The van der Waals surface area contributed by atoms with Gasteiger partial charge in [0.25, 0.3) is 0 Å². The predicted octanol–water partition coefficient (Wildman–Crippen LogP) is 6.63. The van der Waals surface area contributed by atoms with Crippen molar-refractivity contribution in [3.8, 4) is 5.75 Å². The van der Waals surface area contributed by atoms with E-state index in [1.165, 1.54) is 5.57 Å². The van der Waals surface area contributed by atoms with Crippen molar-refractivity contribution in [3.63, 3.8) is 0 Å². The van der Waals surface area contributed by atoms with Crippen molar-refractivity contribution < 1.29 is 14.6 Å². The Morgan fingerprint density at radius 3 is 2.79 bits per heavy atom. The molecule has 1 fully saturated rings. The number of hydrogen-bond donors (Lipinski definition) is 3. The molecule has 5 atom stereocenters. The number of aldehydes is 1. The van der Waals surface area contributed by atoms with Gasteiger partial charge in [-0.1, -0.05) is 6.07 Å². The summed E-state index contributed by atoms with van der Waals surface area (Å²) in [6, 6.07) is 3.74. The molecule has 1 aliphatic carbocycles. The number of carbonyl (C=O) groups excluding carboxylic acids is 1. The van der Waals surface area contributed by atoms with Crippen molar-refractivity contribution in [2.24, 2.45) is 10.5 Å². The standard InChI is InChI=1S/C24H39ClN3O3P3/c1-17-11-20(14-29)24(30)21(12-17)15-31-18(2)9-10-34(27-3,32(4)5)33(6)16-19-7-8-22(26)23(13-19)28-25/h11-12,14,16,18,22-23,28H,6-10,13,15,26H2,1-5H3/p+1/b19-16+. The molecule has 1 saturated carbocycles. The number of halogens is 1. The Morgan fingerprint density at radius 2 is 2.21 bits per heavy atom. The first-order valence-corrected chi connectivity index (χ1v) is 19.1. The molecule has 6 nitrogen and oxygen atoms in total. The van der Waals surface area contributed by atoms with E-state index in [1.807, 2.05) is 20.0 Å². The van der Waals surface area contributed by atoms with E-state index in [0.29, 0.717) is 17.4 Å². The van der Waals surface area contributed by atoms with E-state index >= 15 is 0 Å². The van der Waals surface area contributed by atoms with Gasteiger partial charge in [0, 0.05) is 30.9 Å². The van der Waals surface area contributed by atoms with Crippen molar-refractivity contribution in [1.82, 2.24) is 4.84 Å².